The molecular weight excluding hydrogens is 292 g/mol. The third-order valence-corrected chi connectivity index (χ3v) is 4.66. The van der Waals surface area contributed by atoms with E-state index in [1.807, 2.05) is 25.7 Å². The van der Waals surface area contributed by atoms with Crippen molar-refractivity contribution < 1.29 is 14.6 Å². The molecule has 5 heteroatoms. The molecule has 23 heavy (non-hydrogen) atoms. The summed E-state index contributed by atoms with van der Waals surface area (Å²) in [5.74, 6) is 0.982. The highest BCUT2D eigenvalue weighted by molar-refractivity contribution is 5.68. The number of hydrogen-bond donors (Lipinski definition) is 2. The number of piperidine rings is 1. The zero-order chi connectivity index (χ0) is 17.5. The molecule has 136 valence electrons. The first-order valence-corrected chi connectivity index (χ1v) is 9.09. The van der Waals surface area contributed by atoms with Crippen molar-refractivity contribution in [3.8, 4) is 0 Å². The summed E-state index contributed by atoms with van der Waals surface area (Å²) in [6.07, 6.45) is 3.91. The van der Waals surface area contributed by atoms with Gasteiger partial charge in [-0.25, -0.2) is 4.79 Å². The number of rotatable bonds is 7. The number of ether oxygens (including phenoxy) is 1. The third-order valence-electron chi connectivity index (χ3n) is 4.66. The minimum atomic E-state index is -0.438. The molecule has 0 radical (unpaired) electrons. The molecule has 0 bridgehead atoms. The molecule has 1 fully saturated rings. The topological polar surface area (TPSA) is 61.8 Å². The van der Waals surface area contributed by atoms with E-state index < -0.39 is 5.60 Å². The van der Waals surface area contributed by atoms with Crippen LogP contribution in [0, 0.1) is 11.8 Å². The van der Waals surface area contributed by atoms with Gasteiger partial charge in [-0.1, -0.05) is 13.3 Å². The Labute approximate surface area is 141 Å². The Bertz CT molecular complexity index is 355. The van der Waals surface area contributed by atoms with Crippen LogP contribution in [0.1, 0.15) is 60.3 Å². The second-order valence-corrected chi connectivity index (χ2v) is 7.81. The Morgan fingerprint density at radius 3 is 2.70 bits per heavy atom. The van der Waals surface area contributed by atoms with E-state index in [2.05, 4.69) is 19.2 Å². The minimum absolute atomic E-state index is 0.193. The van der Waals surface area contributed by atoms with E-state index in [4.69, 9.17) is 9.84 Å². The summed E-state index contributed by atoms with van der Waals surface area (Å²) in [7, 11) is 0. The van der Waals surface area contributed by atoms with Crippen LogP contribution in [0.5, 0.6) is 0 Å². The lowest BCUT2D eigenvalue weighted by atomic mass is 9.91. The van der Waals surface area contributed by atoms with E-state index in [0.717, 1.165) is 45.3 Å². The van der Waals surface area contributed by atoms with Gasteiger partial charge in [0.2, 0.25) is 0 Å². The number of carbonyl (C=O) groups excluding carboxylic acids is 1. The molecule has 0 aromatic rings. The normalized spacial score (nSPS) is 21.8. The summed E-state index contributed by atoms with van der Waals surface area (Å²) in [5.41, 5.74) is -0.438. The van der Waals surface area contributed by atoms with Gasteiger partial charge in [-0.3, -0.25) is 0 Å². The zero-order valence-electron chi connectivity index (χ0n) is 15.6. The SMILES string of the molecule is CCC(CCO)CNC(C)C1CCCN(C(=O)OC(C)(C)C)C1. The fourth-order valence-electron chi connectivity index (χ4n) is 3.06. The first kappa shape index (κ1) is 20.2. The van der Waals surface area contributed by atoms with E-state index in [1.165, 1.54) is 0 Å². The van der Waals surface area contributed by atoms with Crippen molar-refractivity contribution in [1.29, 1.82) is 0 Å². The van der Waals surface area contributed by atoms with E-state index in [0.29, 0.717) is 17.9 Å². The molecule has 0 aromatic heterocycles. The molecule has 0 saturated carbocycles. The molecule has 5 nitrogen and oxygen atoms in total. The Morgan fingerprint density at radius 1 is 1.43 bits per heavy atom. The summed E-state index contributed by atoms with van der Waals surface area (Å²) in [5, 5.41) is 12.7. The zero-order valence-corrected chi connectivity index (χ0v) is 15.6. The summed E-state index contributed by atoms with van der Waals surface area (Å²) < 4.78 is 5.49. The molecule has 3 unspecified atom stereocenters. The highest BCUT2D eigenvalue weighted by Crippen LogP contribution is 2.22. The smallest absolute Gasteiger partial charge is 0.410 e. The Kier molecular flexibility index (Phi) is 8.34. The van der Waals surface area contributed by atoms with Crippen molar-refractivity contribution in [1.82, 2.24) is 10.2 Å². The number of amides is 1. The number of hydrogen-bond acceptors (Lipinski definition) is 4. The van der Waals surface area contributed by atoms with Gasteiger partial charge in [0.15, 0.2) is 0 Å². The lowest BCUT2D eigenvalue weighted by molar-refractivity contribution is 0.0147. The second-order valence-electron chi connectivity index (χ2n) is 7.81. The van der Waals surface area contributed by atoms with Crippen LogP contribution in [-0.4, -0.2) is 54.0 Å². The Hall–Kier alpha value is -0.810. The highest BCUT2D eigenvalue weighted by Gasteiger charge is 2.30. The van der Waals surface area contributed by atoms with E-state index in [1.54, 1.807) is 0 Å². The third kappa shape index (κ3) is 7.53. The Morgan fingerprint density at radius 2 is 2.13 bits per heavy atom. The van der Waals surface area contributed by atoms with Gasteiger partial charge < -0.3 is 20.1 Å². The monoisotopic (exact) mass is 328 g/mol. The maximum absolute atomic E-state index is 12.2. The van der Waals surface area contributed by atoms with Crippen LogP contribution in [0.4, 0.5) is 4.79 Å². The molecule has 2 N–H and O–H groups in total. The van der Waals surface area contributed by atoms with Crippen molar-refractivity contribution in [2.75, 3.05) is 26.2 Å². The van der Waals surface area contributed by atoms with E-state index in [9.17, 15) is 4.79 Å². The molecule has 3 atom stereocenters. The number of aliphatic hydroxyl groups excluding tert-OH is 1. The molecule has 0 aliphatic carbocycles. The van der Waals surface area contributed by atoms with E-state index in [-0.39, 0.29) is 12.7 Å². The predicted octanol–water partition coefficient (Wildman–Crippen LogP) is 3.02. The maximum Gasteiger partial charge on any atom is 0.410 e. The van der Waals surface area contributed by atoms with Crippen molar-refractivity contribution >= 4 is 6.09 Å². The van der Waals surface area contributed by atoms with Gasteiger partial charge in [0.05, 0.1) is 0 Å². The van der Waals surface area contributed by atoms with Gasteiger partial charge >= 0.3 is 6.09 Å². The molecular formula is C18H36N2O3. The lowest BCUT2D eigenvalue weighted by Crippen LogP contribution is -2.48. The van der Waals surface area contributed by atoms with Crippen LogP contribution in [0.15, 0.2) is 0 Å². The fourth-order valence-corrected chi connectivity index (χ4v) is 3.06. The van der Waals surface area contributed by atoms with Gasteiger partial charge in [-0.15, -0.1) is 0 Å². The Balaban J connectivity index is 2.45. The molecule has 1 heterocycles. The van der Waals surface area contributed by atoms with Gasteiger partial charge in [-0.05, 0) is 65.3 Å². The van der Waals surface area contributed by atoms with Crippen LogP contribution in [0.25, 0.3) is 0 Å². The molecule has 1 saturated heterocycles. The average molecular weight is 328 g/mol. The second kappa shape index (κ2) is 9.48. The van der Waals surface area contributed by atoms with Gasteiger partial charge in [0.1, 0.15) is 5.60 Å². The van der Waals surface area contributed by atoms with Crippen LogP contribution in [-0.2, 0) is 4.74 Å². The van der Waals surface area contributed by atoms with Gasteiger partial charge in [0.25, 0.3) is 0 Å². The average Bonchev–Trinajstić information content (AvgIpc) is 2.49. The van der Waals surface area contributed by atoms with Gasteiger partial charge in [0, 0.05) is 25.7 Å². The first-order chi connectivity index (χ1) is 10.8. The summed E-state index contributed by atoms with van der Waals surface area (Å²) >= 11 is 0. The molecule has 1 aliphatic heterocycles. The molecule has 1 rings (SSSR count). The van der Waals surface area contributed by atoms with Crippen molar-refractivity contribution in [3.05, 3.63) is 0 Å². The van der Waals surface area contributed by atoms with Gasteiger partial charge in [-0.2, -0.15) is 0 Å². The highest BCUT2D eigenvalue weighted by atomic mass is 16.6. The lowest BCUT2D eigenvalue weighted by Gasteiger charge is -2.37. The van der Waals surface area contributed by atoms with Crippen molar-refractivity contribution in [2.24, 2.45) is 11.8 Å². The maximum atomic E-state index is 12.2. The van der Waals surface area contributed by atoms with Crippen molar-refractivity contribution in [3.63, 3.8) is 0 Å². The van der Waals surface area contributed by atoms with Crippen LogP contribution in [0.3, 0.4) is 0 Å². The summed E-state index contributed by atoms with van der Waals surface area (Å²) in [4.78, 5) is 14.1. The fraction of sp³-hybridized carbons (Fsp3) is 0.944. The molecule has 1 amide bonds. The number of nitrogens with one attached hydrogen (secondary N) is 1. The number of nitrogens with zero attached hydrogens (tertiary/aromatic N) is 1. The van der Waals surface area contributed by atoms with Crippen LogP contribution < -0.4 is 5.32 Å². The quantitative estimate of drug-likeness (QED) is 0.754. The summed E-state index contributed by atoms with van der Waals surface area (Å²) in [6, 6.07) is 0.368. The molecule has 0 spiro atoms. The van der Waals surface area contributed by atoms with Crippen LogP contribution in [0.2, 0.25) is 0 Å². The standard InChI is InChI=1S/C18H36N2O3/c1-6-15(9-11-21)12-19-14(2)16-8-7-10-20(13-16)17(22)23-18(3,4)5/h14-16,19,21H,6-13H2,1-5H3. The number of likely N-dealkylation sites (tertiary alicyclic amines) is 1. The number of carbonyl (C=O) groups is 1. The predicted molar refractivity (Wildman–Crippen MR) is 93.5 cm³/mol. The largest absolute Gasteiger partial charge is 0.444 e. The molecule has 0 aromatic carbocycles. The molecule has 1 aliphatic rings. The van der Waals surface area contributed by atoms with Crippen LogP contribution >= 0.6 is 0 Å². The number of aliphatic hydroxyl groups is 1. The van der Waals surface area contributed by atoms with Crippen molar-refractivity contribution in [2.45, 2.75) is 71.9 Å². The minimum Gasteiger partial charge on any atom is -0.444 e. The summed E-state index contributed by atoms with van der Waals surface area (Å²) in [6.45, 7) is 12.8. The van der Waals surface area contributed by atoms with E-state index >= 15 is 0 Å². The first-order valence-electron chi connectivity index (χ1n) is 9.09.